The molecule has 7 atom stereocenters. The van der Waals surface area contributed by atoms with Crippen molar-refractivity contribution in [3.63, 3.8) is 0 Å². The number of rotatable bonds is 6. The second-order valence-electron chi connectivity index (χ2n) is 21.1. The van der Waals surface area contributed by atoms with Gasteiger partial charge in [-0.1, -0.05) is 52.8 Å². The molecule has 2 aromatic rings. The number of phenolic OH excluding ortho intramolecular Hbond substituents is 1. The van der Waals surface area contributed by atoms with Crippen LogP contribution in [-0.2, 0) is 23.9 Å². The summed E-state index contributed by atoms with van der Waals surface area (Å²) in [4.78, 5) is 86.4. The van der Waals surface area contributed by atoms with Crippen LogP contribution in [0.3, 0.4) is 0 Å². The molecule has 5 N–H and O–H groups in total. The molecule has 0 saturated carbocycles. The fourth-order valence-electron chi connectivity index (χ4n) is 10.9. The summed E-state index contributed by atoms with van der Waals surface area (Å²) in [5.74, 6) is -6.90. The molecule has 2 amide bonds. The fourth-order valence-corrected chi connectivity index (χ4v) is 10.9. The van der Waals surface area contributed by atoms with Gasteiger partial charge in [-0.25, -0.2) is 0 Å². The normalized spacial score (nSPS) is 29.5. The zero-order valence-electron chi connectivity index (χ0n) is 43.3. The number of nitrogens with one attached hydrogen (secondary N) is 2. The SMILES string of the molecule is C/C1=C/C=C/C(C)[C@H](O)[C@@H](C)C(O)[C@@H](C)[C@H](OC(=O)CC(=O)N2CCCN(c3ccncc3)CC2)CC/C=C/O[C@@]2(C)Oc3c(C)c(O)c4c(c3C2=O)C2=NC3(CCN(CC(C)C)CC3)NC2=C(NC1=O)C4=O. The number of aromatic hydroxyl groups is 1. The number of phenols is 1. The number of pyridine rings is 1. The molecule has 1 aromatic carbocycles. The Balaban J connectivity index is 1.08. The summed E-state index contributed by atoms with van der Waals surface area (Å²) in [6.07, 6.45) is 9.84. The Morgan fingerprint density at radius 1 is 0.932 bits per heavy atom. The third-order valence-electron chi connectivity index (χ3n) is 15.3. The summed E-state index contributed by atoms with van der Waals surface area (Å²) in [5, 5.41) is 41.5. The van der Waals surface area contributed by atoms with Gasteiger partial charge < -0.3 is 54.9 Å². The number of aliphatic hydroxyl groups is 2. The number of Topliss-reactive ketones (excluding diaryl/α,β-unsaturated/α-hetero) is 2. The lowest BCUT2D eigenvalue weighted by Gasteiger charge is -2.38. The van der Waals surface area contributed by atoms with E-state index >= 15 is 0 Å². The smallest absolute Gasteiger partial charge is 0.315 e. The number of amides is 2. The van der Waals surface area contributed by atoms with Gasteiger partial charge in [0.05, 0.1) is 41.0 Å². The van der Waals surface area contributed by atoms with Crippen LogP contribution in [0, 0.1) is 30.6 Å². The van der Waals surface area contributed by atoms with Gasteiger partial charge in [0, 0.05) is 118 Å². The highest BCUT2D eigenvalue weighted by Crippen LogP contribution is 2.50. The Morgan fingerprint density at radius 3 is 2.37 bits per heavy atom. The standard InChI is InChI=1S/C55H71N7O11/c1-31(2)30-60-24-18-55(19-25-60)58-44-41-42-49(67)36(7)51-43(41)52(69)54(8,73-51)71-28-10-9-15-38(72-40(64)29-39(63)62-23-12-22-61(26-27-62)37-16-20-56-21-17-37)34(5)48(66)35(6)47(65)32(3)13-11-14-33(4)53(70)57-46(50(42)68)45(44)59-55/h10-11,13-14,16-17,20-21,28,31-32,34-35,38,47-48,59,65-67H,9,12,15,18-19,22-27,29-30H2,1-8H3,(H,57,70)/b13-11+,28-10+,33-14-/t32?,34-,35+,38+,47-,48?,54-/m0/s1. The van der Waals surface area contributed by atoms with Crippen LogP contribution in [0.25, 0.3) is 0 Å². The first-order valence-electron chi connectivity index (χ1n) is 25.7. The number of esters is 1. The molecule has 9 rings (SSSR count). The number of ketones is 2. The van der Waals surface area contributed by atoms with E-state index in [4.69, 9.17) is 19.2 Å². The summed E-state index contributed by atoms with van der Waals surface area (Å²) in [6, 6.07) is 3.84. The lowest BCUT2D eigenvalue weighted by Crippen LogP contribution is -2.50. The largest absolute Gasteiger partial charge is 0.507 e. The van der Waals surface area contributed by atoms with Crippen molar-refractivity contribution < 1.29 is 53.5 Å². The Hall–Kier alpha value is -6.37. The minimum absolute atomic E-state index is 0.0175. The van der Waals surface area contributed by atoms with E-state index in [1.165, 1.54) is 20.1 Å². The molecule has 73 heavy (non-hydrogen) atoms. The van der Waals surface area contributed by atoms with Crippen molar-refractivity contribution in [3.05, 3.63) is 94.3 Å². The quantitative estimate of drug-likeness (QED) is 0.184. The number of fused-ring (bicyclic) bond motifs is 13. The summed E-state index contributed by atoms with van der Waals surface area (Å²) in [5.41, 5.74) is 0.771. The molecule has 2 saturated heterocycles. The summed E-state index contributed by atoms with van der Waals surface area (Å²) >= 11 is 0. The Bertz CT molecular complexity index is 2650. The number of carbonyl (C=O) groups excluding carboxylic acids is 5. The van der Waals surface area contributed by atoms with Gasteiger partial charge in [0.25, 0.3) is 11.7 Å². The molecule has 1 aliphatic carbocycles. The van der Waals surface area contributed by atoms with Crippen LogP contribution in [-0.4, -0.2) is 141 Å². The van der Waals surface area contributed by atoms with Gasteiger partial charge >= 0.3 is 11.8 Å². The van der Waals surface area contributed by atoms with Crippen LogP contribution in [0.2, 0.25) is 0 Å². The number of ether oxygens (including phenoxy) is 3. The van der Waals surface area contributed by atoms with Crippen molar-refractivity contribution in [2.24, 2.45) is 28.7 Å². The Kier molecular flexibility index (Phi) is 15.7. The summed E-state index contributed by atoms with van der Waals surface area (Å²) in [6.45, 7) is 18.6. The van der Waals surface area contributed by atoms with Gasteiger partial charge in [0.1, 0.15) is 35.4 Å². The maximum absolute atomic E-state index is 14.8. The van der Waals surface area contributed by atoms with Crippen LogP contribution in [0.5, 0.6) is 11.5 Å². The molecule has 7 heterocycles. The number of hydrogen-bond donors (Lipinski definition) is 5. The molecule has 1 spiro atoms. The maximum atomic E-state index is 14.8. The lowest BCUT2D eigenvalue weighted by atomic mass is 9.81. The number of piperidine rings is 1. The average molecular weight is 1010 g/mol. The third kappa shape index (κ3) is 10.8. The van der Waals surface area contributed by atoms with Crippen LogP contribution in [0.4, 0.5) is 5.69 Å². The predicted molar refractivity (Wildman–Crippen MR) is 273 cm³/mol. The van der Waals surface area contributed by atoms with Gasteiger partial charge in [0.2, 0.25) is 11.7 Å². The lowest BCUT2D eigenvalue weighted by molar-refractivity contribution is -0.159. The van der Waals surface area contributed by atoms with E-state index in [9.17, 15) is 39.3 Å². The predicted octanol–water partition coefficient (Wildman–Crippen LogP) is 5.25. The second-order valence-corrected chi connectivity index (χ2v) is 21.1. The number of aromatic nitrogens is 1. The van der Waals surface area contributed by atoms with Crippen molar-refractivity contribution in [1.29, 1.82) is 0 Å². The first-order chi connectivity index (χ1) is 34.7. The molecule has 6 aliphatic heterocycles. The van der Waals surface area contributed by atoms with E-state index in [-0.39, 0.29) is 69.4 Å². The number of likely N-dealkylation sites (tertiary alicyclic amines) is 1. The average Bonchev–Trinajstić information content (AvgIpc) is 3.72. The minimum atomic E-state index is -1.96. The van der Waals surface area contributed by atoms with Crippen LogP contribution in [0.1, 0.15) is 119 Å². The highest BCUT2D eigenvalue weighted by Gasteiger charge is 2.54. The van der Waals surface area contributed by atoms with Crippen molar-refractivity contribution >= 4 is 40.7 Å². The van der Waals surface area contributed by atoms with Crippen molar-refractivity contribution in [2.75, 3.05) is 50.7 Å². The van der Waals surface area contributed by atoms with E-state index in [0.29, 0.717) is 57.9 Å². The maximum Gasteiger partial charge on any atom is 0.315 e. The molecule has 392 valence electrons. The molecular weight excluding hydrogens is 935 g/mol. The molecule has 0 radical (unpaired) electrons. The number of benzene rings is 1. The molecule has 18 nitrogen and oxygen atoms in total. The van der Waals surface area contributed by atoms with Gasteiger partial charge in [-0.2, -0.15) is 0 Å². The highest BCUT2D eigenvalue weighted by atomic mass is 16.7. The monoisotopic (exact) mass is 1010 g/mol. The van der Waals surface area contributed by atoms with Gasteiger partial charge in [-0.3, -0.25) is 33.9 Å². The zero-order chi connectivity index (χ0) is 52.5. The summed E-state index contributed by atoms with van der Waals surface area (Å²) in [7, 11) is 0. The van der Waals surface area contributed by atoms with Crippen LogP contribution in [0.15, 0.2) is 77.1 Å². The first kappa shape index (κ1) is 52.9. The number of allylic oxidation sites excluding steroid dienone is 5. The van der Waals surface area contributed by atoms with E-state index in [2.05, 4.69) is 39.3 Å². The van der Waals surface area contributed by atoms with E-state index in [1.54, 1.807) is 69.3 Å². The van der Waals surface area contributed by atoms with Gasteiger partial charge in [-0.05, 0) is 57.2 Å². The van der Waals surface area contributed by atoms with Gasteiger partial charge in [-0.15, -0.1) is 0 Å². The number of aliphatic hydroxyl groups excluding tert-OH is 2. The Morgan fingerprint density at radius 2 is 1.66 bits per heavy atom. The first-order valence-corrected chi connectivity index (χ1v) is 25.7. The van der Waals surface area contributed by atoms with E-state index < -0.39 is 83.1 Å². The van der Waals surface area contributed by atoms with Crippen molar-refractivity contribution in [2.45, 2.75) is 124 Å². The molecule has 1 aromatic heterocycles. The minimum Gasteiger partial charge on any atom is -0.507 e. The number of aliphatic imine (C=N–C) groups is 1. The molecule has 2 fully saturated rings. The van der Waals surface area contributed by atoms with Gasteiger partial charge in [0.15, 0.2) is 0 Å². The van der Waals surface area contributed by atoms with Crippen molar-refractivity contribution in [3.8, 4) is 11.5 Å². The zero-order valence-corrected chi connectivity index (χ0v) is 43.3. The van der Waals surface area contributed by atoms with Crippen molar-refractivity contribution in [1.82, 2.24) is 25.4 Å². The molecule has 18 heteroatoms. The molecular formula is C55H71N7O11. The van der Waals surface area contributed by atoms with E-state index in [1.807, 2.05) is 12.1 Å². The molecule has 2 unspecified atom stereocenters. The number of nitrogens with zero attached hydrogens (tertiary/aromatic N) is 5. The fraction of sp³-hybridized carbons (Fsp3) is 0.545. The summed E-state index contributed by atoms with van der Waals surface area (Å²) < 4.78 is 18.4. The number of carbonyl (C=O) groups is 5. The van der Waals surface area contributed by atoms with E-state index in [0.717, 1.165) is 18.8 Å². The third-order valence-corrected chi connectivity index (χ3v) is 15.3. The topological polar surface area (TPSA) is 233 Å². The highest BCUT2D eigenvalue weighted by molar-refractivity contribution is 6.34. The van der Waals surface area contributed by atoms with Crippen LogP contribution < -0.4 is 20.3 Å². The number of hydrogen-bond acceptors (Lipinski definition) is 16. The number of anilines is 1. The molecule has 7 aliphatic rings. The molecule has 5 bridgehead atoms. The Labute approximate surface area is 427 Å². The second kappa shape index (κ2) is 21.6. The van der Waals surface area contributed by atoms with Crippen LogP contribution >= 0.6 is 0 Å².